The third-order valence-corrected chi connectivity index (χ3v) is 7.29. The van der Waals surface area contributed by atoms with Crippen LogP contribution in [0, 0.1) is 23.2 Å². The van der Waals surface area contributed by atoms with Crippen molar-refractivity contribution in [2.75, 3.05) is 0 Å². The second-order valence-electron chi connectivity index (χ2n) is 8.85. The molecule has 0 saturated heterocycles. The van der Waals surface area contributed by atoms with Crippen molar-refractivity contribution in [1.82, 2.24) is 9.38 Å². The first-order chi connectivity index (χ1) is 12.1. The number of hydrogen-bond acceptors (Lipinski definition) is 2. The molecule has 0 N–H and O–H groups in total. The van der Waals surface area contributed by atoms with Gasteiger partial charge in [0.15, 0.2) is 5.78 Å². The van der Waals surface area contributed by atoms with Gasteiger partial charge >= 0.3 is 0 Å². The second-order valence-corrected chi connectivity index (χ2v) is 9.11. The molecule has 0 atom stereocenters. The summed E-state index contributed by atoms with van der Waals surface area (Å²) in [5, 5.41) is 0. The molecule has 4 heteroatoms. The van der Waals surface area contributed by atoms with Crippen LogP contribution >= 0.6 is 11.6 Å². The first kappa shape index (κ1) is 15.9. The van der Waals surface area contributed by atoms with Crippen molar-refractivity contribution in [3.8, 4) is 0 Å². The Morgan fingerprint density at radius 3 is 2.48 bits per heavy atom. The topological polar surface area (TPSA) is 34.4 Å². The van der Waals surface area contributed by atoms with E-state index in [0.29, 0.717) is 17.7 Å². The first-order valence-electron chi connectivity index (χ1n) is 9.70. The maximum absolute atomic E-state index is 13.0. The minimum absolute atomic E-state index is 0.250. The lowest BCUT2D eigenvalue weighted by molar-refractivity contribution is -0.0570. The number of aromatic nitrogens is 2. The van der Waals surface area contributed by atoms with E-state index in [0.717, 1.165) is 41.2 Å². The highest BCUT2D eigenvalue weighted by Crippen LogP contribution is 2.61. The predicted molar refractivity (Wildman–Crippen MR) is 98.9 cm³/mol. The number of ketones is 1. The normalized spacial score (nSPS) is 33.2. The van der Waals surface area contributed by atoms with Crippen molar-refractivity contribution in [2.45, 2.75) is 57.2 Å². The van der Waals surface area contributed by atoms with Crippen LogP contribution < -0.4 is 0 Å². The summed E-state index contributed by atoms with van der Waals surface area (Å²) in [5.74, 6) is 3.47. The highest BCUT2D eigenvalue weighted by molar-refractivity contribution is 6.16. The molecule has 2 heterocycles. The SMILES string of the molecule is O=C(CCC12CC3CC(CC(C3)C1)C2)c1cccc2nc(CCl)cn12. The molecule has 4 aliphatic carbocycles. The van der Waals surface area contributed by atoms with Crippen molar-refractivity contribution < 1.29 is 4.79 Å². The van der Waals surface area contributed by atoms with Crippen LogP contribution in [-0.4, -0.2) is 15.2 Å². The average Bonchev–Trinajstić information content (AvgIpc) is 3.02. The molecule has 0 amide bonds. The molecule has 0 unspecified atom stereocenters. The summed E-state index contributed by atoms with van der Waals surface area (Å²) in [6.45, 7) is 0. The van der Waals surface area contributed by atoms with Gasteiger partial charge in [0, 0.05) is 12.6 Å². The Bertz CT molecular complexity index is 789. The van der Waals surface area contributed by atoms with Crippen LogP contribution in [0.1, 0.15) is 67.5 Å². The molecule has 6 rings (SSSR count). The molecule has 0 spiro atoms. The van der Waals surface area contributed by atoms with Gasteiger partial charge in [-0.3, -0.25) is 9.20 Å². The van der Waals surface area contributed by atoms with Crippen LogP contribution in [0.15, 0.2) is 24.4 Å². The molecule has 4 aliphatic rings. The van der Waals surface area contributed by atoms with E-state index in [-0.39, 0.29) is 5.78 Å². The quantitative estimate of drug-likeness (QED) is 0.541. The van der Waals surface area contributed by atoms with Gasteiger partial charge in [0.25, 0.3) is 0 Å². The fraction of sp³-hybridized carbons (Fsp3) is 0.619. The van der Waals surface area contributed by atoms with Gasteiger partial charge in [0.1, 0.15) is 5.65 Å². The van der Waals surface area contributed by atoms with Gasteiger partial charge in [-0.25, -0.2) is 4.98 Å². The Labute approximate surface area is 153 Å². The smallest absolute Gasteiger partial charge is 0.179 e. The zero-order valence-corrected chi connectivity index (χ0v) is 15.3. The predicted octanol–water partition coefficient (Wildman–Crippen LogP) is 5.25. The van der Waals surface area contributed by atoms with Crippen LogP contribution in [0.2, 0.25) is 0 Å². The number of carbonyl (C=O) groups excluding carboxylic acids is 1. The number of pyridine rings is 1. The van der Waals surface area contributed by atoms with Crippen LogP contribution in [-0.2, 0) is 5.88 Å². The minimum atomic E-state index is 0.250. The minimum Gasteiger partial charge on any atom is -0.296 e. The van der Waals surface area contributed by atoms with Gasteiger partial charge < -0.3 is 0 Å². The molecule has 0 aromatic carbocycles. The monoisotopic (exact) mass is 356 g/mol. The van der Waals surface area contributed by atoms with Gasteiger partial charge in [-0.2, -0.15) is 0 Å². The number of rotatable bonds is 5. The number of carbonyl (C=O) groups is 1. The number of Topliss-reactive ketones (excluding diaryl/α,β-unsaturated/α-hetero) is 1. The van der Waals surface area contributed by atoms with Crippen molar-refractivity contribution in [1.29, 1.82) is 0 Å². The number of halogens is 1. The number of alkyl halides is 1. The number of nitrogens with zero attached hydrogens (tertiary/aromatic N) is 2. The van der Waals surface area contributed by atoms with Crippen LogP contribution in [0.4, 0.5) is 0 Å². The molecular formula is C21H25ClN2O. The van der Waals surface area contributed by atoms with E-state index in [1.807, 2.05) is 28.8 Å². The molecule has 0 radical (unpaired) electrons. The molecule has 3 nitrogen and oxygen atoms in total. The van der Waals surface area contributed by atoms with Crippen molar-refractivity contribution >= 4 is 23.0 Å². The highest BCUT2D eigenvalue weighted by Gasteiger charge is 2.50. The standard InChI is InChI=1S/C21H25ClN2O/c22-12-17-13-24-18(2-1-3-20(24)23-17)19(25)4-5-21-9-14-6-15(10-21)8-16(7-14)11-21/h1-3,13-16H,4-12H2. The maximum Gasteiger partial charge on any atom is 0.179 e. The summed E-state index contributed by atoms with van der Waals surface area (Å²) >= 11 is 5.91. The van der Waals surface area contributed by atoms with E-state index in [1.54, 1.807) is 0 Å². The maximum atomic E-state index is 13.0. The van der Waals surface area contributed by atoms with E-state index in [1.165, 1.54) is 38.5 Å². The van der Waals surface area contributed by atoms with E-state index < -0.39 is 0 Å². The van der Waals surface area contributed by atoms with Gasteiger partial charge in [-0.05, 0) is 80.2 Å². The van der Waals surface area contributed by atoms with Crippen LogP contribution in [0.25, 0.3) is 5.65 Å². The fourth-order valence-electron chi connectivity index (χ4n) is 6.46. The zero-order chi connectivity index (χ0) is 17.0. The van der Waals surface area contributed by atoms with Crippen LogP contribution in [0.5, 0.6) is 0 Å². The fourth-order valence-corrected chi connectivity index (χ4v) is 6.58. The van der Waals surface area contributed by atoms with Crippen molar-refractivity contribution in [3.63, 3.8) is 0 Å². The lowest BCUT2D eigenvalue weighted by atomic mass is 9.48. The lowest BCUT2D eigenvalue weighted by Crippen LogP contribution is -2.46. The Morgan fingerprint density at radius 2 is 1.84 bits per heavy atom. The zero-order valence-electron chi connectivity index (χ0n) is 14.6. The molecule has 2 aromatic heterocycles. The third-order valence-electron chi connectivity index (χ3n) is 7.01. The van der Waals surface area contributed by atoms with Crippen molar-refractivity contribution in [3.05, 3.63) is 35.8 Å². The second kappa shape index (κ2) is 5.84. The Morgan fingerprint density at radius 1 is 1.16 bits per heavy atom. The number of hydrogen-bond donors (Lipinski definition) is 0. The number of fused-ring (bicyclic) bond motifs is 1. The summed E-state index contributed by atoms with van der Waals surface area (Å²) < 4.78 is 1.92. The van der Waals surface area contributed by atoms with E-state index in [4.69, 9.17) is 11.6 Å². The molecule has 2 aromatic rings. The summed E-state index contributed by atoms with van der Waals surface area (Å²) in [6, 6.07) is 5.79. The van der Waals surface area contributed by atoms with E-state index >= 15 is 0 Å². The summed E-state index contributed by atoms with van der Waals surface area (Å²) in [7, 11) is 0. The van der Waals surface area contributed by atoms with Gasteiger partial charge in [-0.15, -0.1) is 11.6 Å². The van der Waals surface area contributed by atoms with Crippen molar-refractivity contribution in [2.24, 2.45) is 23.2 Å². The Kier molecular flexibility index (Phi) is 3.70. The van der Waals surface area contributed by atoms with E-state index in [9.17, 15) is 4.79 Å². The van der Waals surface area contributed by atoms with Gasteiger partial charge in [0.2, 0.25) is 0 Å². The van der Waals surface area contributed by atoms with Gasteiger partial charge in [-0.1, -0.05) is 6.07 Å². The lowest BCUT2D eigenvalue weighted by Gasteiger charge is -2.57. The molecular weight excluding hydrogens is 332 g/mol. The van der Waals surface area contributed by atoms with E-state index in [2.05, 4.69) is 4.98 Å². The summed E-state index contributed by atoms with van der Waals surface area (Å²) in [4.78, 5) is 17.4. The van der Waals surface area contributed by atoms with Crippen LogP contribution in [0.3, 0.4) is 0 Å². The summed E-state index contributed by atoms with van der Waals surface area (Å²) in [5.41, 5.74) is 2.86. The molecule has 4 saturated carbocycles. The summed E-state index contributed by atoms with van der Waals surface area (Å²) in [6.07, 6.45) is 12.1. The molecule has 4 fully saturated rings. The Balaban J connectivity index is 1.35. The molecule has 132 valence electrons. The number of imidazole rings is 1. The first-order valence-corrected chi connectivity index (χ1v) is 10.2. The van der Waals surface area contributed by atoms with Gasteiger partial charge in [0.05, 0.1) is 17.3 Å². The molecule has 0 aliphatic heterocycles. The average molecular weight is 357 g/mol. The third kappa shape index (κ3) is 2.71. The Hall–Kier alpha value is -1.35. The highest BCUT2D eigenvalue weighted by atomic mass is 35.5. The molecule has 4 bridgehead atoms. The molecule has 25 heavy (non-hydrogen) atoms. The largest absolute Gasteiger partial charge is 0.296 e.